The minimum absolute atomic E-state index is 0.0629. The van der Waals surface area contributed by atoms with Crippen molar-refractivity contribution in [3.63, 3.8) is 0 Å². The molecule has 5 nitrogen and oxygen atoms in total. The third-order valence-corrected chi connectivity index (χ3v) is 3.01. The molecule has 0 aliphatic rings. The number of ether oxygens (including phenoxy) is 1. The second-order valence-corrected chi connectivity index (χ2v) is 4.35. The van der Waals surface area contributed by atoms with E-state index in [1.165, 1.54) is 11.3 Å². The molecule has 0 aromatic carbocycles. The van der Waals surface area contributed by atoms with Gasteiger partial charge in [0.15, 0.2) is 0 Å². The van der Waals surface area contributed by atoms with Crippen LogP contribution in [0.1, 0.15) is 21.9 Å². The third-order valence-electron chi connectivity index (χ3n) is 2.13. The molecule has 1 amide bonds. The highest BCUT2D eigenvalue weighted by atomic mass is 32.1. The van der Waals surface area contributed by atoms with Gasteiger partial charge >= 0.3 is 0 Å². The number of hydrogen-bond donors (Lipinski definition) is 1. The van der Waals surface area contributed by atoms with Crippen LogP contribution in [0.2, 0.25) is 0 Å². The van der Waals surface area contributed by atoms with Crippen molar-refractivity contribution in [1.82, 2.24) is 9.88 Å². The van der Waals surface area contributed by atoms with Crippen LogP contribution in [0.25, 0.3) is 0 Å². The summed E-state index contributed by atoms with van der Waals surface area (Å²) in [7, 11) is 3.41. The number of hydrogen-bond acceptors (Lipinski definition) is 5. The maximum absolute atomic E-state index is 11.9. The molecule has 0 aliphatic heterocycles. The molecule has 1 aromatic rings. The molecular formula is C10H17N3O2S. The van der Waals surface area contributed by atoms with Crippen LogP contribution in [0.5, 0.6) is 0 Å². The molecule has 0 fully saturated rings. The number of nitrogens with two attached hydrogens (primary N) is 1. The molecule has 0 radical (unpaired) electrons. The van der Waals surface area contributed by atoms with Gasteiger partial charge in [-0.1, -0.05) is 0 Å². The molecule has 6 heteroatoms. The van der Waals surface area contributed by atoms with Crippen LogP contribution in [0, 0.1) is 0 Å². The van der Waals surface area contributed by atoms with Crippen LogP contribution in [-0.4, -0.2) is 43.1 Å². The van der Waals surface area contributed by atoms with Crippen molar-refractivity contribution in [2.24, 2.45) is 5.73 Å². The summed E-state index contributed by atoms with van der Waals surface area (Å²) in [6.45, 7) is 1.70. The predicted molar refractivity (Wildman–Crippen MR) is 63.5 cm³/mol. The summed E-state index contributed by atoms with van der Waals surface area (Å²) in [4.78, 5) is 17.7. The Kier molecular flexibility index (Phi) is 5.37. The first kappa shape index (κ1) is 13.1. The van der Waals surface area contributed by atoms with E-state index in [1.807, 2.05) is 0 Å². The monoisotopic (exact) mass is 243 g/mol. The van der Waals surface area contributed by atoms with E-state index in [1.54, 1.807) is 24.4 Å². The van der Waals surface area contributed by atoms with Gasteiger partial charge in [0.2, 0.25) is 0 Å². The maximum atomic E-state index is 11.9. The normalized spacial score (nSPS) is 10.4. The lowest BCUT2D eigenvalue weighted by Crippen LogP contribution is -2.28. The summed E-state index contributed by atoms with van der Waals surface area (Å²) < 4.78 is 4.93. The largest absolute Gasteiger partial charge is 0.385 e. The molecule has 0 saturated carbocycles. The van der Waals surface area contributed by atoms with E-state index in [0.717, 1.165) is 11.4 Å². The van der Waals surface area contributed by atoms with Gasteiger partial charge in [-0.2, -0.15) is 0 Å². The van der Waals surface area contributed by atoms with Gasteiger partial charge in [-0.25, -0.2) is 4.98 Å². The van der Waals surface area contributed by atoms with Crippen molar-refractivity contribution in [3.8, 4) is 0 Å². The van der Waals surface area contributed by atoms with E-state index in [0.29, 0.717) is 25.4 Å². The number of nitrogens with zero attached hydrogens (tertiary/aromatic N) is 2. The van der Waals surface area contributed by atoms with Crippen LogP contribution in [0.15, 0.2) is 5.38 Å². The van der Waals surface area contributed by atoms with Crippen LogP contribution in [0.3, 0.4) is 0 Å². The van der Waals surface area contributed by atoms with Crippen LogP contribution in [0.4, 0.5) is 0 Å². The zero-order valence-corrected chi connectivity index (χ0v) is 10.4. The lowest BCUT2D eigenvalue weighted by Gasteiger charge is -2.15. The average Bonchev–Trinajstić information content (AvgIpc) is 2.76. The second kappa shape index (κ2) is 6.57. The molecule has 0 atom stereocenters. The molecule has 0 unspecified atom stereocenters. The van der Waals surface area contributed by atoms with E-state index in [-0.39, 0.29) is 5.91 Å². The fourth-order valence-corrected chi connectivity index (χ4v) is 1.89. The summed E-state index contributed by atoms with van der Waals surface area (Å²) in [5, 5.41) is 2.53. The molecule has 1 heterocycles. The zero-order chi connectivity index (χ0) is 12.0. The highest BCUT2D eigenvalue weighted by Crippen LogP contribution is 2.10. The van der Waals surface area contributed by atoms with Crippen molar-refractivity contribution in [1.29, 1.82) is 0 Å². The Morgan fingerprint density at radius 1 is 1.69 bits per heavy atom. The summed E-state index contributed by atoms with van der Waals surface area (Å²) in [5.41, 5.74) is 5.92. The van der Waals surface area contributed by atoms with E-state index in [4.69, 9.17) is 10.5 Å². The predicted octanol–water partition coefficient (Wildman–Crippen LogP) is 0.710. The molecule has 90 valence electrons. The summed E-state index contributed by atoms with van der Waals surface area (Å²) >= 11 is 1.42. The number of aromatic nitrogens is 1. The number of methoxy groups -OCH3 is 1. The Morgan fingerprint density at radius 3 is 3.00 bits per heavy atom. The first-order chi connectivity index (χ1) is 7.69. The number of rotatable bonds is 6. The Labute approximate surface area is 99.2 Å². The van der Waals surface area contributed by atoms with Crippen molar-refractivity contribution < 1.29 is 9.53 Å². The van der Waals surface area contributed by atoms with E-state index >= 15 is 0 Å². The number of carbonyl (C=O) groups is 1. The Morgan fingerprint density at radius 2 is 2.44 bits per heavy atom. The standard InChI is InChI=1S/C10H17N3O2S/c1-13(4-3-5-15-2)10(14)8-7-16-9(6-11)12-8/h7H,3-6,11H2,1-2H3. The number of thiazole rings is 1. The quantitative estimate of drug-likeness (QED) is 0.747. The molecule has 1 rings (SSSR count). The van der Waals surface area contributed by atoms with Crippen molar-refractivity contribution in [3.05, 3.63) is 16.1 Å². The molecule has 0 aliphatic carbocycles. The van der Waals surface area contributed by atoms with Crippen molar-refractivity contribution in [2.45, 2.75) is 13.0 Å². The van der Waals surface area contributed by atoms with Gasteiger partial charge in [-0.15, -0.1) is 11.3 Å². The van der Waals surface area contributed by atoms with Gasteiger partial charge in [0.1, 0.15) is 10.7 Å². The lowest BCUT2D eigenvalue weighted by atomic mass is 10.3. The SMILES string of the molecule is COCCCN(C)C(=O)c1csc(CN)n1. The van der Waals surface area contributed by atoms with Gasteiger partial charge in [0.25, 0.3) is 5.91 Å². The first-order valence-corrected chi connectivity index (χ1v) is 5.96. The minimum Gasteiger partial charge on any atom is -0.385 e. The number of amides is 1. The minimum atomic E-state index is -0.0629. The topological polar surface area (TPSA) is 68.5 Å². The molecule has 1 aromatic heterocycles. The van der Waals surface area contributed by atoms with Crippen LogP contribution < -0.4 is 5.73 Å². The van der Waals surface area contributed by atoms with Crippen LogP contribution >= 0.6 is 11.3 Å². The van der Waals surface area contributed by atoms with Gasteiger partial charge < -0.3 is 15.4 Å². The van der Waals surface area contributed by atoms with Gasteiger partial charge in [0, 0.05) is 39.2 Å². The van der Waals surface area contributed by atoms with Gasteiger partial charge in [-0.05, 0) is 6.42 Å². The molecule has 0 spiro atoms. The summed E-state index contributed by atoms with van der Waals surface area (Å²) in [6.07, 6.45) is 0.826. The molecule has 0 saturated heterocycles. The van der Waals surface area contributed by atoms with E-state index in [9.17, 15) is 4.79 Å². The van der Waals surface area contributed by atoms with Crippen molar-refractivity contribution in [2.75, 3.05) is 27.3 Å². The Bertz CT molecular complexity index is 341. The Balaban J connectivity index is 2.49. The lowest BCUT2D eigenvalue weighted by molar-refractivity contribution is 0.0774. The van der Waals surface area contributed by atoms with Crippen LogP contribution in [-0.2, 0) is 11.3 Å². The highest BCUT2D eigenvalue weighted by Gasteiger charge is 2.14. The number of carbonyl (C=O) groups excluding carboxylic acids is 1. The molecule has 2 N–H and O–H groups in total. The molecule has 0 bridgehead atoms. The zero-order valence-electron chi connectivity index (χ0n) is 9.60. The van der Waals surface area contributed by atoms with E-state index in [2.05, 4.69) is 4.98 Å². The first-order valence-electron chi connectivity index (χ1n) is 5.08. The Hall–Kier alpha value is -0.980. The average molecular weight is 243 g/mol. The van der Waals surface area contributed by atoms with Gasteiger partial charge in [0.05, 0.1) is 0 Å². The molecular weight excluding hydrogens is 226 g/mol. The smallest absolute Gasteiger partial charge is 0.273 e. The summed E-state index contributed by atoms with van der Waals surface area (Å²) in [6, 6.07) is 0. The third kappa shape index (κ3) is 3.55. The van der Waals surface area contributed by atoms with Gasteiger partial charge in [-0.3, -0.25) is 4.79 Å². The fourth-order valence-electron chi connectivity index (χ4n) is 1.25. The van der Waals surface area contributed by atoms with Crippen molar-refractivity contribution >= 4 is 17.2 Å². The maximum Gasteiger partial charge on any atom is 0.273 e. The summed E-state index contributed by atoms with van der Waals surface area (Å²) in [5.74, 6) is -0.0629. The fraction of sp³-hybridized carbons (Fsp3) is 0.600. The molecule has 16 heavy (non-hydrogen) atoms. The second-order valence-electron chi connectivity index (χ2n) is 3.40. The highest BCUT2D eigenvalue weighted by molar-refractivity contribution is 7.09. The van der Waals surface area contributed by atoms with E-state index < -0.39 is 0 Å².